The number of hydrogen-bond acceptors (Lipinski definition) is 3. The van der Waals surface area contributed by atoms with Crippen molar-refractivity contribution in [2.45, 2.75) is 46.5 Å². The Hall–Kier alpha value is -0.120. The lowest BCUT2D eigenvalue weighted by Crippen LogP contribution is -2.32. The van der Waals surface area contributed by atoms with Gasteiger partial charge in [-0.1, -0.05) is 27.2 Å². The number of ether oxygens (including phenoxy) is 2. The maximum absolute atomic E-state index is 5.51. The van der Waals surface area contributed by atoms with E-state index in [1.807, 2.05) is 0 Å². The van der Waals surface area contributed by atoms with Gasteiger partial charge in [0.05, 0.1) is 13.2 Å². The van der Waals surface area contributed by atoms with Gasteiger partial charge in [0, 0.05) is 20.3 Å². The molecule has 0 heterocycles. The first-order chi connectivity index (χ1) is 8.18. The van der Waals surface area contributed by atoms with Gasteiger partial charge in [-0.2, -0.15) is 0 Å². The minimum Gasteiger partial charge on any atom is -0.382 e. The highest BCUT2D eigenvalue weighted by Gasteiger charge is 2.21. The molecule has 0 rings (SSSR count). The number of rotatable bonds is 12. The minimum absolute atomic E-state index is 0.426. The van der Waals surface area contributed by atoms with Gasteiger partial charge in [0.25, 0.3) is 0 Å². The van der Waals surface area contributed by atoms with Crippen LogP contribution in [0, 0.1) is 5.41 Å². The summed E-state index contributed by atoms with van der Waals surface area (Å²) >= 11 is 0. The van der Waals surface area contributed by atoms with Crippen LogP contribution >= 0.6 is 0 Å². The first-order valence-electron chi connectivity index (χ1n) is 6.96. The van der Waals surface area contributed by atoms with Crippen molar-refractivity contribution in [2.75, 3.05) is 40.0 Å². The highest BCUT2D eigenvalue weighted by Crippen LogP contribution is 2.28. The highest BCUT2D eigenvalue weighted by atomic mass is 16.5. The normalized spacial score (nSPS) is 14.8. The number of hydrogen-bond donors (Lipinski definition) is 1. The Labute approximate surface area is 107 Å². The van der Waals surface area contributed by atoms with E-state index in [4.69, 9.17) is 9.47 Å². The lowest BCUT2D eigenvalue weighted by Gasteiger charge is -2.29. The maximum Gasteiger partial charge on any atom is 0.0700 e. The van der Waals surface area contributed by atoms with Crippen LogP contribution < -0.4 is 5.32 Å². The molecule has 0 aromatic heterocycles. The second-order valence-electron chi connectivity index (χ2n) is 5.05. The average molecular weight is 245 g/mol. The van der Waals surface area contributed by atoms with Gasteiger partial charge in [0.15, 0.2) is 0 Å². The molecule has 1 N–H and O–H groups in total. The Morgan fingerprint density at radius 2 is 1.82 bits per heavy atom. The Morgan fingerprint density at radius 3 is 2.41 bits per heavy atom. The molecule has 0 aliphatic carbocycles. The molecule has 3 heteroatoms. The van der Waals surface area contributed by atoms with Crippen molar-refractivity contribution in [3.63, 3.8) is 0 Å². The van der Waals surface area contributed by atoms with E-state index in [-0.39, 0.29) is 0 Å². The monoisotopic (exact) mass is 245 g/mol. The molecule has 0 spiro atoms. The SMILES string of the molecule is CCCC(C)(CCCOCCOC)CNCC. The fourth-order valence-electron chi connectivity index (χ4n) is 2.18. The van der Waals surface area contributed by atoms with Crippen LogP contribution in [0.25, 0.3) is 0 Å². The van der Waals surface area contributed by atoms with E-state index in [2.05, 4.69) is 26.1 Å². The second-order valence-corrected chi connectivity index (χ2v) is 5.05. The van der Waals surface area contributed by atoms with Crippen LogP contribution in [0.5, 0.6) is 0 Å². The van der Waals surface area contributed by atoms with Crippen LogP contribution in [0.1, 0.15) is 46.5 Å². The average Bonchev–Trinajstić information content (AvgIpc) is 2.32. The zero-order chi connectivity index (χ0) is 13.0. The van der Waals surface area contributed by atoms with Crippen molar-refractivity contribution in [2.24, 2.45) is 5.41 Å². The molecule has 0 aliphatic rings. The Balaban J connectivity index is 3.68. The van der Waals surface area contributed by atoms with E-state index in [0.717, 1.165) is 26.1 Å². The lowest BCUT2D eigenvalue weighted by molar-refractivity contribution is 0.0635. The molecule has 0 aromatic carbocycles. The molecule has 0 radical (unpaired) electrons. The third-order valence-electron chi connectivity index (χ3n) is 3.16. The summed E-state index contributed by atoms with van der Waals surface area (Å²) in [6.07, 6.45) is 4.93. The largest absolute Gasteiger partial charge is 0.382 e. The molecule has 0 aromatic rings. The summed E-state index contributed by atoms with van der Waals surface area (Å²) in [6, 6.07) is 0. The predicted octanol–water partition coefficient (Wildman–Crippen LogP) is 2.85. The standard InChI is InChI=1S/C14H31NO2/c1-5-8-14(3,13-15-6-2)9-7-10-17-12-11-16-4/h15H,5-13H2,1-4H3. The molecule has 0 saturated heterocycles. The van der Waals surface area contributed by atoms with Gasteiger partial charge in [0.1, 0.15) is 0 Å². The van der Waals surface area contributed by atoms with Gasteiger partial charge >= 0.3 is 0 Å². The van der Waals surface area contributed by atoms with Gasteiger partial charge < -0.3 is 14.8 Å². The first kappa shape index (κ1) is 16.9. The number of methoxy groups -OCH3 is 1. The molecule has 0 fully saturated rings. The molecule has 0 saturated carbocycles. The fraction of sp³-hybridized carbons (Fsp3) is 1.00. The summed E-state index contributed by atoms with van der Waals surface area (Å²) in [6.45, 7) is 11.3. The van der Waals surface area contributed by atoms with E-state index in [9.17, 15) is 0 Å². The molecule has 104 valence electrons. The summed E-state index contributed by atoms with van der Waals surface area (Å²) in [4.78, 5) is 0. The van der Waals surface area contributed by atoms with E-state index < -0.39 is 0 Å². The molecule has 1 atom stereocenters. The van der Waals surface area contributed by atoms with Crippen molar-refractivity contribution in [3.05, 3.63) is 0 Å². The lowest BCUT2D eigenvalue weighted by atomic mass is 9.81. The Morgan fingerprint density at radius 1 is 1.06 bits per heavy atom. The number of nitrogens with one attached hydrogen (secondary N) is 1. The molecule has 3 nitrogen and oxygen atoms in total. The predicted molar refractivity (Wildman–Crippen MR) is 73.5 cm³/mol. The van der Waals surface area contributed by atoms with Crippen LogP contribution in [0.4, 0.5) is 0 Å². The van der Waals surface area contributed by atoms with Gasteiger partial charge in [0.2, 0.25) is 0 Å². The molecule has 0 aliphatic heterocycles. The summed E-state index contributed by atoms with van der Waals surface area (Å²) in [7, 11) is 1.71. The van der Waals surface area contributed by atoms with Gasteiger partial charge in [-0.15, -0.1) is 0 Å². The highest BCUT2D eigenvalue weighted by molar-refractivity contribution is 4.76. The van der Waals surface area contributed by atoms with Gasteiger partial charge in [-0.25, -0.2) is 0 Å². The molecule has 17 heavy (non-hydrogen) atoms. The van der Waals surface area contributed by atoms with Crippen LogP contribution in [-0.4, -0.2) is 40.0 Å². The van der Waals surface area contributed by atoms with Crippen LogP contribution in [-0.2, 0) is 9.47 Å². The third-order valence-corrected chi connectivity index (χ3v) is 3.16. The quantitative estimate of drug-likeness (QED) is 0.536. The van der Waals surface area contributed by atoms with Crippen LogP contribution in [0.15, 0.2) is 0 Å². The topological polar surface area (TPSA) is 30.5 Å². The Kier molecular flexibility index (Phi) is 10.9. The summed E-state index contributed by atoms with van der Waals surface area (Å²) in [5.41, 5.74) is 0.426. The van der Waals surface area contributed by atoms with Gasteiger partial charge in [-0.05, 0) is 31.2 Å². The summed E-state index contributed by atoms with van der Waals surface area (Å²) in [5.74, 6) is 0. The van der Waals surface area contributed by atoms with Gasteiger partial charge in [-0.3, -0.25) is 0 Å². The molecule has 0 amide bonds. The van der Waals surface area contributed by atoms with Crippen molar-refractivity contribution in [1.82, 2.24) is 5.32 Å². The van der Waals surface area contributed by atoms with E-state index >= 15 is 0 Å². The van der Waals surface area contributed by atoms with Crippen molar-refractivity contribution in [1.29, 1.82) is 0 Å². The summed E-state index contributed by atoms with van der Waals surface area (Å²) < 4.78 is 10.5. The fourth-order valence-corrected chi connectivity index (χ4v) is 2.18. The molecular formula is C14H31NO2. The van der Waals surface area contributed by atoms with E-state index in [1.165, 1.54) is 19.3 Å². The maximum atomic E-state index is 5.51. The first-order valence-corrected chi connectivity index (χ1v) is 6.96. The van der Waals surface area contributed by atoms with Crippen LogP contribution in [0.2, 0.25) is 0 Å². The summed E-state index contributed by atoms with van der Waals surface area (Å²) in [5, 5.41) is 3.47. The van der Waals surface area contributed by atoms with Crippen molar-refractivity contribution >= 4 is 0 Å². The van der Waals surface area contributed by atoms with E-state index in [1.54, 1.807) is 7.11 Å². The molecule has 1 unspecified atom stereocenters. The zero-order valence-electron chi connectivity index (χ0n) is 12.2. The smallest absolute Gasteiger partial charge is 0.0700 e. The zero-order valence-corrected chi connectivity index (χ0v) is 12.2. The molecule has 0 bridgehead atoms. The van der Waals surface area contributed by atoms with Crippen molar-refractivity contribution < 1.29 is 9.47 Å². The third kappa shape index (κ3) is 9.57. The molecular weight excluding hydrogens is 214 g/mol. The Bertz CT molecular complexity index is 164. The minimum atomic E-state index is 0.426. The van der Waals surface area contributed by atoms with Crippen LogP contribution in [0.3, 0.4) is 0 Å². The second kappa shape index (κ2) is 11.0. The van der Waals surface area contributed by atoms with Crippen molar-refractivity contribution in [3.8, 4) is 0 Å². The van der Waals surface area contributed by atoms with E-state index in [0.29, 0.717) is 18.6 Å².